The summed E-state index contributed by atoms with van der Waals surface area (Å²) < 4.78 is 5.22. The number of amidine groups is 2. The quantitative estimate of drug-likeness (QED) is 0.525. The van der Waals surface area contributed by atoms with Crippen LogP contribution in [0.3, 0.4) is 0 Å². The highest BCUT2D eigenvalue weighted by molar-refractivity contribution is 8.14. The lowest BCUT2D eigenvalue weighted by molar-refractivity contribution is -0.123. The third-order valence-electron chi connectivity index (χ3n) is 6.91. The molecular weight excluding hydrogens is 502 g/mol. The van der Waals surface area contributed by atoms with Crippen LogP contribution in [0.4, 0.5) is 11.4 Å². The van der Waals surface area contributed by atoms with E-state index in [9.17, 15) is 14.4 Å². The first kappa shape index (κ1) is 26.0. The van der Waals surface area contributed by atoms with Gasteiger partial charge in [0.1, 0.15) is 17.6 Å². The van der Waals surface area contributed by atoms with Crippen LogP contribution < -0.4 is 15.4 Å². The van der Waals surface area contributed by atoms with Gasteiger partial charge in [-0.25, -0.2) is 4.99 Å². The molecule has 2 aliphatic heterocycles. The van der Waals surface area contributed by atoms with E-state index in [4.69, 9.17) is 9.73 Å². The smallest absolute Gasteiger partial charge is 0.270 e. The monoisotopic (exact) mass is 533 g/mol. The second-order valence-corrected chi connectivity index (χ2v) is 10.5. The summed E-state index contributed by atoms with van der Waals surface area (Å²) >= 11 is 1.24. The summed E-state index contributed by atoms with van der Waals surface area (Å²) in [4.78, 5) is 49.4. The Morgan fingerprint density at radius 3 is 2.68 bits per heavy atom. The molecule has 5 rings (SSSR count). The molecule has 1 fully saturated rings. The van der Waals surface area contributed by atoms with Gasteiger partial charge in [-0.2, -0.15) is 4.99 Å². The van der Waals surface area contributed by atoms with Crippen LogP contribution >= 0.6 is 11.8 Å². The molecule has 0 aromatic heterocycles. The van der Waals surface area contributed by atoms with Crippen LogP contribution in [0.5, 0.6) is 5.75 Å². The summed E-state index contributed by atoms with van der Waals surface area (Å²) in [5.74, 6) is 0.711. The summed E-state index contributed by atoms with van der Waals surface area (Å²) in [6.45, 7) is 0. The SMILES string of the molecule is COc1cccc(NC(=O)CSC2=Nc3ccccc3C3=NC(=O)C(CCC(=O)NC4CCCCC4)N23)c1. The molecule has 9 nitrogen and oxygen atoms in total. The molecule has 198 valence electrons. The zero-order valence-electron chi connectivity index (χ0n) is 21.3. The number of rotatable bonds is 8. The molecule has 3 amide bonds. The highest BCUT2D eigenvalue weighted by Gasteiger charge is 2.41. The molecule has 0 spiro atoms. The van der Waals surface area contributed by atoms with E-state index >= 15 is 0 Å². The maximum Gasteiger partial charge on any atom is 0.270 e. The van der Waals surface area contributed by atoms with E-state index in [1.54, 1.807) is 36.3 Å². The lowest BCUT2D eigenvalue weighted by Crippen LogP contribution is -2.44. The fraction of sp³-hybridized carbons (Fsp3) is 0.393. The number of methoxy groups -OCH3 is 1. The van der Waals surface area contributed by atoms with Crippen molar-refractivity contribution in [2.45, 2.75) is 57.0 Å². The van der Waals surface area contributed by atoms with E-state index < -0.39 is 6.04 Å². The Hall–Kier alpha value is -3.66. The summed E-state index contributed by atoms with van der Waals surface area (Å²) in [5, 5.41) is 6.52. The van der Waals surface area contributed by atoms with Gasteiger partial charge in [0, 0.05) is 29.8 Å². The first-order valence-electron chi connectivity index (χ1n) is 13.0. The van der Waals surface area contributed by atoms with Gasteiger partial charge < -0.3 is 15.4 Å². The Morgan fingerprint density at radius 1 is 1.05 bits per heavy atom. The van der Waals surface area contributed by atoms with E-state index in [0.29, 0.717) is 34.5 Å². The van der Waals surface area contributed by atoms with E-state index in [0.717, 1.165) is 31.2 Å². The van der Waals surface area contributed by atoms with Gasteiger partial charge in [0.05, 0.1) is 18.6 Å². The zero-order chi connectivity index (χ0) is 26.5. The number of benzene rings is 2. The number of hydrogen-bond donors (Lipinski definition) is 2. The molecule has 1 atom stereocenters. The minimum absolute atomic E-state index is 0.0423. The highest BCUT2D eigenvalue weighted by Crippen LogP contribution is 2.35. The molecule has 1 unspecified atom stereocenters. The van der Waals surface area contributed by atoms with Crippen molar-refractivity contribution in [3.8, 4) is 5.75 Å². The molecule has 1 aliphatic carbocycles. The van der Waals surface area contributed by atoms with Crippen LogP contribution in [0.25, 0.3) is 0 Å². The lowest BCUT2D eigenvalue weighted by atomic mass is 9.95. The van der Waals surface area contributed by atoms with Crippen molar-refractivity contribution in [3.63, 3.8) is 0 Å². The minimum atomic E-state index is -0.636. The van der Waals surface area contributed by atoms with Crippen molar-refractivity contribution in [3.05, 3.63) is 54.1 Å². The van der Waals surface area contributed by atoms with Gasteiger partial charge in [0.15, 0.2) is 5.17 Å². The normalized spacial score (nSPS) is 18.7. The number of amides is 3. The molecule has 0 saturated heterocycles. The molecule has 0 radical (unpaired) electrons. The van der Waals surface area contributed by atoms with Crippen LogP contribution in [0.1, 0.15) is 50.5 Å². The number of nitrogens with zero attached hydrogens (tertiary/aromatic N) is 3. The minimum Gasteiger partial charge on any atom is -0.497 e. The van der Waals surface area contributed by atoms with Crippen LogP contribution in [0.2, 0.25) is 0 Å². The Morgan fingerprint density at radius 2 is 1.87 bits per heavy atom. The van der Waals surface area contributed by atoms with Crippen LogP contribution in [0.15, 0.2) is 58.5 Å². The number of hydrogen-bond acceptors (Lipinski definition) is 7. The maximum absolute atomic E-state index is 13.0. The molecule has 10 heteroatoms. The van der Waals surface area contributed by atoms with Gasteiger partial charge in [-0.05, 0) is 43.5 Å². The number of fused-ring (bicyclic) bond motifs is 3. The van der Waals surface area contributed by atoms with Crippen LogP contribution in [-0.2, 0) is 14.4 Å². The molecule has 0 bridgehead atoms. The zero-order valence-corrected chi connectivity index (χ0v) is 22.1. The number of anilines is 1. The maximum atomic E-state index is 13.0. The highest BCUT2D eigenvalue weighted by atomic mass is 32.2. The first-order valence-corrected chi connectivity index (χ1v) is 14.0. The fourth-order valence-electron chi connectivity index (χ4n) is 5.02. The van der Waals surface area contributed by atoms with Crippen molar-refractivity contribution in [2.24, 2.45) is 9.98 Å². The van der Waals surface area contributed by atoms with E-state index in [1.807, 2.05) is 24.3 Å². The Balaban J connectivity index is 1.28. The van der Waals surface area contributed by atoms with Crippen molar-refractivity contribution in [2.75, 3.05) is 18.2 Å². The summed E-state index contributed by atoms with van der Waals surface area (Å²) in [6, 6.07) is 14.2. The number of nitrogens with one attached hydrogen (secondary N) is 2. The number of aliphatic imine (C=N–C) groups is 2. The number of ether oxygens (including phenoxy) is 1. The van der Waals surface area contributed by atoms with Crippen molar-refractivity contribution < 1.29 is 19.1 Å². The van der Waals surface area contributed by atoms with Gasteiger partial charge in [-0.3, -0.25) is 19.3 Å². The molecular formula is C28H31N5O4S. The number of carbonyl (C=O) groups is 3. The average Bonchev–Trinajstić information content (AvgIpc) is 3.27. The second kappa shape index (κ2) is 11.8. The van der Waals surface area contributed by atoms with Crippen LogP contribution in [0, 0.1) is 0 Å². The lowest BCUT2D eigenvalue weighted by Gasteiger charge is -2.31. The van der Waals surface area contributed by atoms with Gasteiger partial charge in [0.2, 0.25) is 11.8 Å². The number of para-hydroxylation sites is 1. The molecule has 2 aromatic rings. The molecule has 2 N–H and O–H groups in total. The Labute approximate surface area is 226 Å². The van der Waals surface area contributed by atoms with Crippen molar-refractivity contribution in [1.29, 1.82) is 0 Å². The average molecular weight is 534 g/mol. The van der Waals surface area contributed by atoms with Gasteiger partial charge in [-0.15, -0.1) is 0 Å². The topological polar surface area (TPSA) is 112 Å². The van der Waals surface area contributed by atoms with Crippen LogP contribution in [-0.4, -0.2) is 58.6 Å². The predicted octanol–water partition coefficient (Wildman–Crippen LogP) is 4.25. The second-order valence-electron chi connectivity index (χ2n) is 9.58. The molecule has 2 heterocycles. The third-order valence-corrected chi connectivity index (χ3v) is 7.86. The fourth-order valence-corrected chi connectivity index (χ4v) is 5.87. The largest absolute Gasteiger partial charge is 0.497 e. The molecule has 2 aromatic carbocycles. The summed E-state index contributed by atoms with van der Waals surface area (Å²) in [7, 11) is 1.57. The number of carbonyl (C=O) groups excluding carboxylic acids is 3. The Bertz CT molecular complexity index is 1290. The van der Waals surface area contributed by atoms with E-state index in [-0.39, 0.29) is 35.9 Å². The van der Waals surface area contributed by atoms with E-state index in [2.05, 4.69) is 15.6 Å². The Kier molecular flexibility index (Phi) is 8.07. The van der Waals surface area contributed by atoms with Gasteiger partial charge in [0.25, 0.3) is 5.91 Å². The third kappa shape index (κ3) is 5.91. The first-order chi connectivity index (χ1) is 18.5. The standard InChI is InChI=1S/C28H31N5O4S/c1-37-20-11-7-10-19(16-20)30-25(35)17-38-28-31-22-13-6-5-12-21(22)26-32-27(36)23(33(26)28)14-15-24(34)29-18-8-3-2-4-9-18/h5-7,10-13,16,18,23H,2-4,8-9,14-15,17H2,1H3,(H,29,34)(H,30,35). The van der Waals surface area contributed by atoms with Gasteiger partial charge >= 0.3 is 0 Å². The molecule has 38 heavy (non-hydrogen) atoms. The summed E-state index contributed by atoms with van der Waals surface area (Å²) in [5.41, 5.74) is 2.09. The molecule has 1 saturated carbocycles. The van der Waals surface area contributed by atoms with E-state index in [1.165, 1.54) is 18.2 Å². The predicted molar refractivity (Wildman–Crippen MR) is 149 cm³/mol. The van der Waals surface area contributed by atoms with Crippen molar-refractivity contribution in [1.82, 2.24) is 10.2 Å². The summed E-state index contributed by atoms with van der Waals surface area (Å²) in [6.07, 6.45) is 6.06. The van der Waals surface area contributed by atoms with Crippen molar-refractivity contribution >= 4 is 51.9 Å². The molecule has 3 aliphatic rings. The number of thioether (sulfide) groups is 1. The van der Waals surface area contributed by atoms with Gasteiger partial charge in [-0.1, -0.05) is 49.2 Å².